The monoisotopic (exact) mass is 505 g/mol. The van der Waals surface area contributed by atoms with Crippen LogP contribution < -0.4 is 0 Å². The molecule has 7 nitrogen and oxygen atoms in total. The van der Waals surface area contributed by atoms with Crippen LogP contribution in [0.15, 0.2) is 0 Å². The van der Waals surface area contributed by atoms with E-state index >= 15 is 0 Å². The Morgan fingerprint density at radius 1 is 0.917 bits per heavy atom. The summed E-state index contributed by atoms with van der Waals surface area (Å²) in [6.45, 7) is 7.50. The smallest absolute Gasteiger partial charge is 0.326 e. The highest BCUT2D eigenvalue weighted by molar-refractivity contribution is 5.84. The van der Waals surface area contributed by atoms with E-state index in [0.717, 1.165) is 51.4 Å². The number of likely N-dealkylation sites (tertiary alicyclic amines) is 1. The molecule has 12 atom stereocenters. The molecule has 1 heterocycles. The molecule has 5 fully saturated rings. The molecular formula is C29H47NO6. The molecular weight excluding hydrogens is 458 g/mol. The number of aliphatic hydroxyl groups excluding tert-OH is 3. The van der Waals surface area contributed by atoms with Crippen molar-refractivity contribution >= 4 is 11.9 Å². The summed E-state index contributed by atoms with van der Waals surface area (Å²) in [7, 11) is 0. The highest BCUT2D eigenvalue weighted by atomic mass is 16.4. The Morgan fingerprint density at radius 2 is 1.61 bits per heavy atom. The van der Waals surface area contributed by atoms with E-state index in [9.17, 15) is 30.0 Å². The van der Waals surface area contributed by atoms with Crippen molar-refractivity contribution in [2.75, 3.05) is 6.54 Å². The number of carbonyl (C=O) groups is 2. The average Bonchev–Trinajstić information content (AvgIpc) is 3.46. The molecule has 36 heavy (non-hydrogen) atoms. The van der Waals surface area contributed by atoms with Gasteiger partial charge in [0.1, 0.15) is 6.04 Å². The van der Waals surface area contributed by atoms with Gasteiger partial charge in [0.2, 0.25) is 5.91 Å². The second-order valence-electron chi connectivity index (χ2n) is 13.6. The van der Waals surface area contributed by atoms with E-state index in [1.165, 1.54) is 0 Å². The van der Waals surface area contributed by atoms with Crippen LogP contribution in [0, 0.1) is 46.3 Å². The molecule has 1 amide bonds. The maximum Gasteiger partial charge on any atom is 0.326 e. The van der Waals surface area contributed by atoms with Crippen molar-refractivity contribution < 1.29 is 30.0 Å². The normalized spacial score (nSPS) is 49.2. The van der Waals surface area contributed by atoms with Gasteiger partial charge in [-0.3, -0.25) is 4.79 Å². The number of carboxylic acid groups (broad SMARTS) is 1. The quantitative estimate of drug-likeness (QED) is 0.455. The standard InChI is InChI=1S/C29H47NO6/c1-16(6-9-23(32)30-14-4-5-22(30)27(35)36)18-7-8-19-24-20(11-13-28(18,19)2)29(3)12-10-17(31)15-21(29)25(33)26(24)34/h16-22,24-26,31,33-34H,4-15H2,1-3H3,(H,35,36)/t16-,17-,18-,19+,20+,21+,22+,24+,25-,26+,28-,29-/m1/s1. The second-order valence-corrected chi connectivity index (χ2v) is 13.6. The molecule has 4 aliphatic carbocycles. The predicted molar refractivity (Wildman–Crippen MR) is 135 cm³/mol. The van der Waals surface area contributed by atoms with E-state index in [0.29, 0.717) is 49.5 Å². The Labute approximate surface area is 215 Å². The maximum absolute atomic E-state index is 12.9. The van der Waals surface area contributed by atoms with Gasteiger partial charge in [-0.25, -0.2) is 4.79 Å². The Morgan fingerprint density at radius 3 is 2.33 bits per heavy atom. The lowest BCUT2D eigenvalue weighted by molar-refractivity contribution is -0.223. The minimum absolute atomic E-state index is 0.0283. The molecule has 5 aliphatic rings. The number of hydrogen-bond acceptors (Lipinski definition) is 5. The Kier molecular flexibility index (Phi) is 7.00. The summed E-state index contributed by atoms with van der Waals surface area (Å²) in [5.41, 5.74) is 0.0509. The predicted octanol–water partition coefficient (Wildman–Crippen LogP) is 3.44. The van der Waals surface area contributed by atoms with Crippen LogP contribution in [-0.4, -0.2) is 68.1 Å². The summed E-state index contributed by atoms with van der Waals surface area (Å²) in [4.78, 5) is 26.0. The highest BCUT2D eigenvalue weighted by Gasteiger charge is 2.65. The number of nitrogens with zero attached hydrogens (tertiary/aromatic N) is 1. The fourth-order valence-electron chi connectivity index (χ4n) is 10.2. The lowest BCUT2D eigenvalue weighted by Gasteiger charge is -2.63. The number of rotatable bonds is 5. The van der Waals surface area contributed by atoms with E-state index in [1.807, 2.05) is 0 Å². The van der Waals surface area contributed by atoms with Crippen molar-refractivity contribution in [3.63, 3.8) is 0 Å². The molecule has 0 aromatic heterocycles. The van der Waals surface area contributed by atoms with Crippen LogP contribution in [0.3, 0.4) is 0 Å². The largest absolute Gasteiger partial charge is 0.480 e. The molecule has 1 saturated heterocycles. The van der Waals surface area contributed by atoms with Crippen LogP contribution in [0.25, 0.3) is 0 Å². The Bertz CT molecular complexity index is 865. The first-order valence-corrected chi connectivity index (χ1v) is 14.6. The highest BCUT2D eigenvalue weighted by Crippen LogP contribution is 2.68. The topological polar surface area (TPSA) is 118 Å². The van der Waals surface area contributed by atoms with Crippen molar-refractivity contribution in [3.05, 3.63) is 0 Å². The molecule has 0 spiro atoms. The Hall–Kier alpha value is -1.18. The van der Waals surface area contributed by atoms with E-state index in [2.05, 4.69) is 20.8 Å². The maximum atomic E-state index is 12.9. The molecule has 5 rings (SSSR count). The number of aliphatic carboxylic acids is 1. The molecule has 0 unspecified atom stereocenters. The number of fused-ring (bicyclic) bond motifs is 5. The third kappa shape index (κ3) is 4.03. The minimum Gasteiger partial charge on any atom is -0.480 e. The van der Waals surface area contributed by atoms with Gasteiger partial charge < -0.3 is 25.3 Å². The number of aliphatic hydroxyl groups is 3. The number of amides is 1. The van der Waals surface area contributed by atoms with Gasteiger partial charge in [0.05, 0.1) is 18.3 Å². The van der Waals surface area contributed by atoms with Crippen LogP contribution >= 0.6 is 0 Å². The number of carboxylic acids is 1. The van der Waals surface area contributed by atoms with Gasteiger partial charge in [-0.15, -0.1) is 0 Å². The zero-order chi connectivity index (χ0) is 26.0. The fourth-order valence-corrected chi connectivity index (χ4v) is 10.2. The van der Waals surface area contributed by atoms with Crippen molar-refractivity contribution in [1.82, 2.24) is 4.90 Å². The van der Waals surface area contributed by atoms with Crippen LogP contribution in [0.1, 0.15) is 91.4 Å². The second kappa shape index (κ2) is 9.53. The first kappa shape index (κ1) is 26.4. The molecule has 0 radical (unpaired) electrons. The van der Waals surface area contributed by atoms with Crippen molar-refractivity contribution in [2.24, 2.45) is 46.3 Å². The van der Waals surface area contributed by atoms with E-state index in [1.54, 1.807) is 4.90 Å². The molecule has 0 bridgehead atoms. The van der Waals surface area contributed by atoms with E-state index < -0.39 is 24.2 Å². The van der Waals surface area contributed by atoms with Crippen molar-refractivity contribution in [3.8, 4) is 0 Å². The number of carbonyl (C=O) groups excluding carboxylic acids is 1. The fraction of sp³-hybridized carbons (Fsp3) is 0.931. The van der Waals surface area contributed by atoms with Gasteiger partial charge in [0.25, 0.3) is 0 Å². The van der Waals surface area contributed by atoms with E-state index in [-0.39, 0.29) is 34.7 Å². The lowest BCUT2D eigenvalue weighted by Crippen LogP contribution is -2.64. The van der Waals surface area contributed by atoms with Gasteiger partial charge in [0.15, 0.2) is 0 Å². The summed E-state index contributed by atoms with van der Waals surface area (Å²) >= 11 is 0. The molecule has 4 saturated carbocycles. The summed E-state index contributed by atoms with van der Waals surface area (Å²) in [6.07, 6.45) is 7.21. The third-order valence-corrected chi connectivity index (χ3v) is 12.2. The molecule has 204 valence electrons. The lowest BCUT2D eigenvalue weighted by atomic mass is 9.43. The third-order valence-electron chi connectivity index (χ3n) is 12.2. The first-order chi connectivity index (χ1) is 17.0. The van der Waals surface area contributed by atoms with Crippen LogP contribution in [0.2, 0.25) is 0 Å². The summed E-state index contributed by atoms with van der Waals surface area (Å²) in [6, 6.07) is -0.665. The van der Waals surface area contributed by atoms with E-state index in [4.69, 9.17) is 0 Å². The zero-order valence-electron chi connectivity index (χ0n) is 22.3. The van der Waals surface area contributed by atoms with Crippen molar-refractivity contribution in [2.45, 2.75) is 116 Å². The van der Waals surface area contributed by atoms with Crippen LogP contribution in [-0.2, 0) is 9.59 Å². The SMILES string of the molecule is C[C@H](CCC(=O)N1CCC[C@H]1C(=O)O)[C@H]1CC[C@H]2[C@@H]3[C@H](O)[C@H](O)[C@@H]4C[C@H](O)CC[C@]4(C)[C@H]3CC[C@]12C. The number of hydrogen-bond donors (Lipinski definition) is 4. The molecule has 0 aromatic rings. The molecule has 7 heteroatoms. The van der Waals surface area contributed by atoms with Crippen LogP contribution in [0.4, 0.5) is 0 Å². The van der Waals surface area contributed by atoms with Gasteiger partial charge in [-0.2, -0.15) is 0 Å². The molecule has 0 aromatic carbocycles. The molecule has 4 N–H and O–H groups in total. The van der Waals surface area contributed by atoms with Gasteiger partial charge in [-0.05, 0) is 111 Å². The van der Waals surface area contributed by atoms with Crippen LogP contribution in [0.5, 0.6) is 0 Å². The first-order valence-electron chi connectivity index (χ1n) is 14.6. The summed E-state index contributed by atoms with van der Waals surface area (Å²) in [5.74, 6) is 0.694. The van der Waals surface area contributed by atoms with Gasteiger partial charge in [0, 0.05) is 13.0 Å². The average molecular weight is 506 g/mol. The zero-order valence-corrected chi connectivity index (χ0v) is 22.3. The van der Waals surface area contributed by atoms with Crippen molar-refractivity contribution in [1.29, 1.82) is 0 Å². The van der Waals surface area contributed by atoms with Gasteiger partial charge in [-0.1, -0.05) is 20.8 Å². The summed E-state index contributed by atoms with van der Waals surface area (Å²) < 4.78 is 0. The molecule has 1 aliphatic heterocycles. The van der Waals surface area contributed by atoms with Gasteiger partial charge >= 0.3 is 5.97 Å². The Balaban J connectivity index is 1.28. The summed E-state index contributed by atoms with van der Waals surface area (Å²) in [5, 5.41) is 42.4. The minimum atomic E-state index is -0.895.